The molecule has 0 aliphatic heterocycles. The largest absolute Gasteiger partial charge is 0.494 e. The van der Waals surface area contributed by atoms with Gasteiger partial charge in [-0.05, 0) is 125 Å². The van der Waals surface area contributed by atoms with E-state index in [1.165, 1.54) is 6.08 Å². The van der Waals surface area contributed by atoms with Crippen LogP contribution in [0, 0.1) is 23.7 Å². The van der Waals surface area contributed by atoms with Crippen LogP contribution in [0.2, 0.25) is 0 Å². The summed E-state index contributed by atoms with van der Waals surface area (Å²) in [6.45, 7) is 7.10. The van der Waals surface area contributed by atoms with Crippen molar-refractivity contribution in [1.29, 1.82) is 0 Å². The first kappa shape index (κ1) is 34.8. The first-order chi connectivity index (χ1) is 23.1. The van der Waals surface area contributed by atoms with Crippen LogP contribution in [0.15, 0.2) is 91.5 Å². The van der Waals surface area contributed by atoms with E-state index in [9.17, 15) is 9.32 Å². The minimum absolute atomic E-state index is 0.120. The van der Waals surface area contributed by atoms with Crippen LogP contribution in [0.5, 0.6) is 11.5 Å². The van der Waals surface area contributed by atoms with E-state index in [0.29, 0.717) is 32.0 Å². The molecule has 0 aromatic heterocycles. The van der Waals surface area contributed by atoms with Crippen molar-refractivity contribution in [3.8, 4) is 35.2 Å². The molecule has 0 unspecified atom stereocenters. The molecule has 0 spiro atoms. The lowest BCUT2D eigenvalue weighted by molar-refractivity contribution is -0.429. The number of hydrogen-bond acceptors (Lipinski definition) is 6. The summed E-state index contributed by atoms with van der Waals surface area (Å²) in [5, 5.41) is 5.29. The van der Waals surface area contributed by atoms with Crippen LogP contribution in [-0.2, 0) is 25.9 Å². The van der Waals surface area contributed by atoms with Crippen molar-refractivity contribution in [3.63, 3.8) is 0 Å². The molecule has 0 radical (unpaired) electrons. The molecule has 0 heterocycles. The van der Waals surface area contributed by atoms with Crippen LogP contribution in [0.4, 0.5) is 4.53 Å². The lowest BCUT2D eigenvalue weighted by Gasteiger charge is -2.08. The van der Waals surface area contributed by atoms with Gasteiger partial charge >= 0.3 is 5.97 Å². The zero-order valence-corrected chi connectivity index (χ0v) is 26.7. The van der Waals surface area contributed by atoms with Gasteiger partial charge in [0.25, 0.3) is 0 Å². The highest BCUT2D eigenvalue weighted by Crippen LogP contribution is 2.23. The van der Waals surface area contributed by atoms with E-state index in [1.807, 2.05) is 48.5 Å². The minimum atomic E-state index is -0.371. The second-order valence-electron chi connectivity index (χ2n) is 10.7. The topological polar surface area (TPSA) is 63.2 Å². The van der Waals surface area contributed by atoms with Gasteiger partial charge in [0.15, 0.2) is 0 Å². The number of carbonyl (C=O) groups is 1. The highest BCUT2D eigenvalue weighted by molar-refractivity contribution is 5.85. The van der Waals surface area contributed by atoms with Crippen LogP contribution in [-0.4, -0.2) is 32.4 Å². The molecule has 242 valence electrons. The number of aryl methyl sites for hydroxylation is 1. The molecule has 0 saturated carbocycles. The molecule has 7 heteroatoms. The third kappa shape index (κ3) is 12.0. The summed E-state index contributed by atoms with van der Waals surface area (Å²) < 4.78 is 28.0. The zero-order chi connectivity index (χ0) is 33.1. The average molecular weight is 635 g/mol. The Morgan fingerprint density at radius 2 is 1.30 bits per heavy atom. The average Bonchev–Trinajstić information content (AvgIpc) is 3.11. The molecule has 0 aliphatic carbocycles. The molecule has 0 bridgehead atoms. The predicted octanol–water partition coefficient (Wildman–Crippen LogP) is 8.47. The lowest BCUT2D eigenvalue weighted by atomic mass is 10.0. The highest BCUT2D eigenvalue weighted by atomic mass is 19.3. The third-order valence-corrected chi connectivity index (χ3v) is 7.25. The van der Waals surface area contributed by atoms with Crippen molar-refractivity contribution in [2.75, 3.05) is 26.4 Å². The fourth-order valence-electron chi connectivity index (χ4n) is 4.71. The lowest BCUT2D eigenvalue weighted by Crippen LogP contribution is -2.02. The van der Waals surface area contributed by atoms with Gasteiger partial charge in [-0.2, -0.15) is 0 Å². The summed E-state index contributed by atoms with van der Waals surface area (Å²) in [6, 6.07) is 26.0. The molecule has 47 heavy (non-hydrogen) atoms. The second kappa shape index (κ2) is 19.4. The molecule has 4 aromatic rings. The number of carbonyl (C=O) groups excluding carboxylic acids is 1. The Kier molecular flexibility index (Phi) is 14.4. The molecule has 0 fully saturated rings. The van der Waals surface area contributed by atoms with Crippen LogP contribution < -0.4 is 9.47 Å². The van der Waals surface area contributed by atoms with Crippen molar-refractivity contribution >= 4 is 16.7 Å². The van der Waals surface area contributed by atoms with Gasteiger partial charge < -0.3 is 14.2 Å². The van der Waals surface area contributed by atoms with E-state index in [4.69, 9.17) is 14.2 Å². The number of hydrogen-bond donors (Lipinski definition) is 0. The fraction of sp³-hybridized carbons (Fsp3) is 0.275. The molecule has 0 aliphatic rings. The van der Waals surface area contributed by atoms with E-state index in [1.54, 1.807) is 0 Å². The van der Waals surface area contributed by atoms with E-state index >= 15 is 0 Å². The quantitative estimate of drug-likeness (QED) is 0.0308. The normalized spacial score (nSPS) is 10.3. The van der Waals surface area contributed by atoms with Crippen LogP contribution >= 0.6 is 0 Å². The maximum absolute atomic E-state index is 11.5. The van der Waals surface area contributed by atoms with Crippen LogP contribution in [0.25, 0.3) is 10.8 Å². The van der Waals surface area contributed by atoms with Gasteiger partial charge in [-0.15, -0.1) is 0 Å². The molecule has 4 aromatic carbocycles. The number of benzene rings is 4. The van der Waals surface area contributed by atoms with Crippen molar-refractivity contribution in [2.45, 2.75) is 45.4 Å². The molecule has 0 atom stereocenters. The maximum atomic E-state index is 11.5. The third-order valence-electron chi connectivity index (χ3n) is 7.25. The number of esters is 1. The Hall–Kier alpha value is -5.08. The molecule has 0 amide bonds. The Morgan fingerprint density at radius 1 is 0.681 bits per heavy atom. The van der Waals surface area contributed by atoms with Gasteiger partial charge in [0.1, 0.15) is 11.5 Å². The van der Waals surface area contributed by atoms with Crippen molar-refractivity contribution in [2.24, 2.45) is 0 Å². The number of halogens is 1. The molecular formula is C40H39FO6. The monoisotopic (exact) mass is 634 g/mol. The summed E-state index contributed by atoms with van der Waals surface area (Å²) >= 11 is 0. The van der Waals surface area contributed by atoms with E-state index in [2.05, 4.69) is 77.5 Å². The van der Waals surface area contributed by atoms with E-state index < -0.39 is 0 Å². The SMILES string of the molecule is C=CC(=O)OCCCCCCOc1ccc2cc(C#Cc3ccc(C#Cc4ccc(OCCCOOF)cc4)cc3CC)ccc2c1. The number of ether oxygens (including phenoxy) is 3. The number of rotatable bonds is 16. The second-order valence-corrected chi connectivity index (χ2v) is 10.7. The fourth-order valence-corrected chi connectivity index (χ4v) is 4.71. The summed E-state index contributed by atoms with van der Waals surface area (Å²) in [5.74, 6) is 14.3. The first-order valence-corrected chi connectivity index (χ1v) is 15.8. The Balaban J connectivity index is 1.29. The molecule has 0 N–H and O–H groups in total. The van der Waals surface area contributed by atoms with Crippen molar-refractivity contribution in [3.05, 3.63) is 119 Å². The van der Waals surface area contributed by atoms with Gasteiger partial charge in [0.2, 0.25) is 0 Å². The van der Waals surface area contributed by atoms with Crippen LogP contribution in [0.3, 0.4) is 0 Å². The smallest absolute Gasteiger partial charge is 0.330 e. The molecule has 0 saturated heterocycles. The summed E-state index contributed by atoms with van der Waals surface area (Å²) in [6.07, 6.45) is 6.33. The van der Waals surface area contributed by atoms with Gasteiger partial charge in [-0.25, -0.2) is 9.68 Å². The van der Waals surface area contributed by atoms with E-state index in [0.717, 1.165) is 76.4 Å². The Labute approximate surface area is 276 Å². The van der Waals surface area contributed by atoms with Gasteiger partial charge in [0, 0.05) is 34.8 Å². The predicted molar refractivity (Wildman–Crippen MR) is 182 cm³/mol. The van der Waals surface area contributed by atoms with E-state index in [-0.39, 0.29) is 12.6 Å². The maximum Gasteiger partial charge on any atom is 0.330 e. The summed E-state index contributed by atoms with van der Waals surface area (Å²) in [4.78, 5) is 15.2. The summed E-state index contributed by atoms with van der Waals surface area (Å²) in [5.41, 5.74) is 4.89. The van der Waals surface area contributed by atoms with Crippen LogP contribution in [0.1, 0.15) is 66.8 Å². The van der Waals surface area contributed by atoms with Gasteiger partial charge in [0.05, 0.1) is 26.4 Å². The number of fused-ring (bicyclic) bond motifs is 1. The molecule has 4 rings (SSSR count). The standard InChI is InChI=1S/C40H39FO6/c1-3-34-28-32(11-10-31-15-21-38(22-16-31)43-26-9-27-46-47-41)12-17-35(34)18-13-33-14-19-37-30-39(23-20-36(37)29-33)44-24-7-5-6-8-25-45-40(42)4-2/h4,12,14-17,19-23,28-30H,2-3,5-9,24-27H2,1H3. The zero-order valence-electron chi connectivity index (χ0n) is 26.7. The van der Waals surface area contributed by atoms with Gasteiger partial charge in [-0.3, -0.25) is 0 Å². The van der Waals surface area contributed by atoms with Gasteiger partial charge in [-0.1, -0.05) is 49.3 Å². The molecule has 6 nitrogen and oxygen atoms in total. The highest BCUT2D eigenvalue weighted by Gasteiger charge is 2.03. The summed E-state index contributed by atoms with van der Waals surface area (Å²) in [7, 11) is 0. The van der Waals surface area contributed by atoms with Crippen molar-refractivity contribution in [1.82, 2.24) is 0 Å². The molecular weight excluding hydrogens is 595 g/mol. The minimum Gasteiger partial charge on any atom is -0.494 e. The Bertz CT molecular complexity index is 1740. The van der Waals surface area contributed by atoms with Crippen molar-refractivity contribution < 1.29 is 33.5 Å². The first-order valence-electron chi connectivity index (χ1n) is 15.8. The number of unbranched alkanes of at least 4 members (excludes halogenated alkanes) is 3. The Morgan fingerprint density at radius 3 is 2.09 bits per heavy atom.